The molecule has 0 aromatic carbocycles. The first-order chi connectivity index (χ1) is 7.16. The Hall–Kier alpha value is -0.780. The molecule has 0 unspecified atom stereocenters. The third kappa shape index (κ3) is 2.42. The average Bonchev–Trinajstić information content (AvgIpc) is 2.23. The number of rotatable bonds is 1. The van der Waals surface area contributed by atoms with Crippen LogP contribution in [0.4, 0.5) is 0 Å². The predicted octanol–water partition coefficient (Wildman–Crippen LogP) is 3.62. The fraction of sp³-hybridized carbons (Fsp3) is 0. The highest BCUT2D eigenvalue weighted by molar-refractivity contribution is 9.10. The van der Waals surface area contributed by atoms with Crippen molar-refractivity contribution in [2.24, 2.45) is 0 Å². The van der Waals surface area contributed by atoms with Gasteiger partial charge in [0.2, 0.25) is 0 Å². The molecule has 6 heteroatoms. The lowest BCUT2D eigenvalue weighted by Gasteiger charge is -2.00. The lowest BCUT2D eigenvalue weighted by molar-refractivity contribution is 1.11. The Morgan fingerprint density at radius 1 is 1.27 bits per heavy atom. The van der Waals surface area contributed by atoms with E-state index in [0.717, 1.165) is 4.47 Å². The zero-order valence-corrected chi connectivity index (χ0v) is 10.5. The summed E-state index contributed by atoms with van der Waals surface area (Å²) in [6.45, 7) is 0. The molecule has 0 fully saturated rings. The maximum Gasteiger partial charge on any atom is 0.157 e. The SMILES string of the molecule is S=c1[nH]c(-c2ccc(Cl)cn2)ncc1Br. The van der Waals surface area contributed by atoms with Crippen molar-refractivity contribution in [3.05, 3.63) is 38.7 Å². The average molecular weight is 303 g/mol. The van der Waals surface area contributed by atoms with E-state index in [2.05, 4.69) is 30.9 Å². The Morgan fingerprint density at radius 2 is 2.07 bits per heavy atom. The van der Waals surface area contributed by atoms with Crippen molar-refractivity contribution in [3.63, 3.8) is 0 Å². The summed E-state index contributed by atoms with van der Waals surface area (Å²) in [4.78, 5) is 11.3. The van der Waals surface area contributed by atoms with Crippen LogP contribution in [0, 0.1) is 4.64 Å². The number of halogens is 2. The standard InChI is InChI=1S/C9H5BrClN3S/c10-6-4-13-8(14-9(6)15)7-2-1-5(11)3-12-7/h1-4H,(H,13,14,15). The van der Waals surface area contributed by atoms with E-state index in [1.807, 2.05) is 0 Å². The van der Waals surface area contributed by atoms with Crippen LogP contribution in [0.25, 0.3) is 11.5 Å². The molecule has 0 atom stereocenters. The molecule has 0 saturated carbocycles. The van der Waals surface area contributed by atoms with Crippen LogP contribution in [0.3, 0.4) is 0 Å². The van der Waals surface area contributed by atoms with Crippen molar-refractivity contribution in [2.75, 3.05) is 0 Å². The van der Waals surface area contributed by atoms with Gasteiger partial charge < -0.3 is 4.98 Å². The summed E-state index contributed by atoms with van der Waals surface area (Å²) in [6.07, 6.45) is 3.21. The fourth-order valence-electron chi connectivity index (χ4n) is 1.03. The number of pyridine rings is 1. The maximum absolute atomic E-state index is 5.73. The normalized spacial score (nSPS) is 10.3. The highest BCUT2D eigenvalue weighted by Crippen LogP contribution is 2.16. The van der Waals surface area contributed by atoms with Gasteiger partial charge in [0.25, 0.3) is 0 Å². The van der Waals surface area contributed by atoms with Crippen molar-refractivity contribution in [1.29, 1.82) is 0 Å². The van der Waals surface area contributed by atoms with Gasteiger partial charge in [0.05, 0.1) is 9.50 Å². The number of aromatic amines is 1. The summed E-state index contributed by atoms with van der Waals surface area (Å²) >= 11 is 14.1. The number of H-pyrrole nitrogens is 1. The van der Waals surface area contributed by atoms with Gasteiger partial charge in [0, 0.05) is 12.4 Å². The van der Waals surface area contributed by atoms with Crippen LogP contribution in [-0.2, 0) is 0 Å². The second-order valence-electron chi connectivity index (χ2n) is 2.77. The van der Waals surface area contributed by atoms with E-state index in [-0.39, 0.29) is 0 Å². The second-order valence-corrected chi connectivity index (χ2v) is 4.47. The van der Waals surface area contributed by atoms with E-state index in [9.17, 15) is 0 Å². The minimum absolute atomic E-state index is 0.592. The van der Waals surface area contributed by atoms with Crippen LogP contribution in [0.1, 0.15) is 0 Å². The van der Waals surface area contributed by atoms with E-state index >= 15 is 0 Å². The van der Waals surface area contributed by atoms with Gasteiger partial charge >= 0.3 is 0 Å². The van der Waals surface area contributed by atoms with Crippen LogP contribution in [0.15, 0.2) is 29.0 Å². The lowest BCUT2D eigenvalue weighted by Crippen LogP contribution is -1.91. The lowest BCUT2D eigenvalue weighted by atomic mass is 10.3. The molecule has 2 heterocycles. The van der Waals surface area contributed by atoms with Gasteiger partial charge in [-0.1, -0.05) is 23.8 Å². The molecule has 0 aliphatic rings. The Labute approximate surface area is 105 Å². The summed E-state index contributed by atoms with van der Waals surface area (Å²) in [5.41, 5.74) is 0.706. The Bertz CT molecular complexity index is 538. The molecule has 2 rings (SSSR count). The molecule has 0 bridgehead atoms. The van der Waals surface area contributed by atoms with E-state index in [1.165, 1.54) is 0 Å². The molecule has 3 nitrogen and oxygen atoms in total. The van der Waals surface area contributed by atoms with Gasteiger partial charge in [0.15, 0.2) is 5.82 Å². The van der Waals surface area contributed by atoms with Crippen LogP contribution in [0.2, 0.25) is 5.02 Å². The van der Waals surface area contributed by atoms with Gasteiger partial charge in [-0.25, -0.2) is 4.98 Å². The highest BCUT2D eigenvalue weighted by atomic mass is 79.9. The highest BCUT2D eigenvalue weighted by Gasteiger charge is 2.02. The van der Waals surface area contributed by atoms with Gasteiger partial charge in [-0.2, -0.15) is 0 Å². The number of hydrogen-bond acceptors (Lipinski definition) is 3. The maximum atomic E-state index is 5.73. The number of hydrogen-bond donors (Lipinski definition) is 1. The Balaban J connectivity index is 2.50. The largest absolute Gasteiger partial charge is 0.329 e. The predicted molar refractivity (Wildman–Crippen MR) is 65.4 cm³/mol. The third-order valence-corrected chi connectivity index (χ3v) is 3.14. The van der Waals surface area contributed by atoms with Gasteiger partial charge in [-0.15, -0.1) is 0 Å². The monoisotopic (exact) mass is 301 g/mol. The molecule has 0 spiro atoms. The quantitative estimate of drug-likeness (QED) is 0.818. The van der Waals surface area contributed by atoms with E-state index < -0.39 is 0 Å². The molecule has 0 saturated heterocycles. The van der Waals surface area contributed by atoms with Crippen LogP contribution >= 0.6 is 39.7 Å². The minimum Gasteiger partial charge on any atom is -0.329 e. The number of aromatic nitrogens is 3. The molecule has 2 aromatic heterocycles. The molecule has 15 heavy (non-hydrogen) atoms. The van der Waals surface area contributed by atoms with Crippen molar-refractivity contribution < 1.29 is 0 Å². The molecule has 76 valence electrons. The van der Waals surface area contributed by atoms with Gasteiger partial charge in [0.1, 0.15) is 10.3 Å². The van der Waals surface area contributed by atoms with Crippen molar-refractivity contribution in [3.8, 4) is 11.5 Å². The summed E-state index contributed by atoms with van der Waals surface area (Å²) in [5, 5.41) is 0.592. The Kier molecular flexibility index (Phi) is 3.14. The van der Waals surface area contributed by atoms with Crippen LogP contribution in [-0.4, -0.2) is 15.0 Å². The first-order valence-corrected chi connectivity index (χ1v) is 5.61. The summed E-state index contributed by atoms with van der Waals surface area (Å²) < 4.78 is 1.35. The summed E-state index contributed by atoms with van der Waals surface area (Å²) in [5.74, 6) is 0.625. The van der Waals surface area contributed by atoms with E-state index in [4.69, 9.17) is 23.8 Å². The smallest absolute Gasteiger partial charge is 0.157 e. The number of nitrogens with one attached hydrogen (secondary N) is 1. The van der Waals surface area contributed by atoms with Crippen LogP contribution in [0.5, 0.6) is 0 Å². The van der Waals surface area contributed by atoms with Gasteiger partial charge in [-0.3, -0.25) is 4.98 Å². The van der Waals surface area contributed by atoms with Gasteiger partial charge in [-0.05, 0) is 28.1 Å². The van der Waals surface area contributed by atoms with Crippen molar-refractivity contribution in [1.82, 2.24) is 15.0 Å². The zero-order valence-electron chi connectivity index (χ0n) is 7.37. The van der Waals surface area contributed by atoms with Crippen LogP contribution < -0.4 is 0 Å². The summed E-state index contributed by atoms with van der Waals surface area (Å²) in [6, 6.07) is 3.54. The second kappa shape index (κ2) is 4.38. The Morgan fingerprint density at radius 3 is 2.67 bits per heavy atom. The molecule has 0 aliphatic heterocycles. The molecule has 2 aromatic rings. The molecule has 0 radical (unpaired) electrons. The number of nitrogens with zero attached hydrogens (tertiary/aromatic N) is 2. The molecular weight excluding hydrogens is 298 g/mol. The van der Waals surface area contributed by atoms with E-state index in [0.29, 0.717) is 21.2 Å². The fourth-order valence-corrected chi connectivity index (χ4v) is 1.49. The molecular formula is C9H5BrClN3S. The van der Waals surface area contributed by atoms with E-state index in [1.54, 1.807) is 24.5 Å². The van der Waals surface area contributed by atoms with Crippen molar-refractivity contribution in [2.45, 2.75) is 0 Å². The zero-order chi connectivity index (χ0) is 10.8. The minimum atomic E-state index is 0.592. The topological polar surface area (TPSA) is 41.6 Å². The third-order valence-electron chi connectivity index (χ3n) is 1.73. The first-order valence-electron chi connectivity index (χ1n) is 4.03. The molecule has 0 aliphatic carbocycles. The molecule has 0 amide bonds. The molecule has 1 N–H and O–H groups in total. The first kappa shape index (κ1) is 10.7. The van der Waals surface area contributed by atoms with Crippen molar-refractivity contribution >= 4 is 39.7 Å². The summed E-state index contributed by atoms with van der Waals surface area (Å²) in [7, 11) is 0.